The van der Waals surface area contributed by atoms with E-state index in [1.54, 1.807) is 0 Å². The summed E-state index contributed by atoms with van der Waals surface area (Å²) in [6.45, 7) is 0. The summed E-state index contributed by atoms with van der Waals surface area (Å²) in [5, 5.41) is 3.60. The number of hydrogen-bond donors (Lipinski definition) is 0. The van der Waals surface area contributed by atoms with E-state index in [4.69, 9.17) is 19.1 Å². The van der Waals surface area contributed by atoms with Gasteiger partial charge in [-0.15, -0.1) is 0 Å². The summed E-state index contributed by atoms with van der Waals surface area (Å²) >= 11 is 0. The van der Waals surface area contributed by atoms with E-state index in [9.17, 15) is 0 Å². The van der Waals surface area contributed by atoms with E-state index >= 15 is 0 Å². The van der Waals surface area contributed by atoms with Crippen LogP contribution in [-0.4, -0.2) is 34.3 Å². The molecule has 5 aliphatic rings. The van der Waals surface area contributed by atoms with Crippen LogP contribution in [0.5, 0.6) is 5.75 Å². The molecule has 0 fully saturated rings. The second kappa shape index (κ2) is 13.1. The van der Waals surface area contributed by atoms with Gasteiger partial charge in [0.05, 0.1) is 11.0 Å². The number of fused-ring (bicyclic) bond motifs is 9. The lowest BCUT2D eigenvalue weighted by molar-refractivity contribution is 0.269. The molecule has 0 radical (unpaired) electrons. The van der Waals surface area contributed by atoms with Crippen LogP contribution in [0.15, 0.2) is 172 Å². The Bertz CT molecular complexity index is 3050. The van der Waals surface area contributed by atoms with Crippen LogP contribution in [0.25, 0.3) is 50.1 Å². The Morgan fingerprint density at radius 2 is 1.60 bits per heavy atom. The Morgan fingerprint density at radius 1 is 0.776 bits per heavy atom. The van der Waals surface area contributed by atoms with Gasteiger partial charge >= 0.3 is 0 Å². The monoisotopic (exact) mass is 752 g/mol. The van der Waals surface area contributed by atoms with Gasteiger partial charge < -0.3 is 18.6 Å². The number of amidine groups is 2. The van der Waals surface area contributed by atoms with Gasteiger partial charge in [-0.05, 0) is 60.2 Å². The molecule has 0 saturated carbocycles. The highest BCUT2D eigenvalue weighted by atomic mass is 16.5. The zero-order valence-electron chi connectivity index (χ0n) is 32.1. The standard InChI is InChI=1S/C52H40N4O2/c1-55-51(33-16-6-3-7-17-33)53-50(54-52(55)35-19-12-18-34(28-35)32-14-4-2-5-15-32)40-22-13-25-46-49(40)39-27-26-36(29-47(39)58-46)56-43-23-10-8-20-37(43)41-30-42-38-21-9-11-24-45(38)57-48(42)31-44(41)56/h2-18,20-25,28-31,35,38,45,51H,19,26-27H2,1H3. The third-order valence-corrected chi connectivity index (χ3v) is 12.6. The van der Waals surface area contributed by atoms with Crippen LogP contribution in [0.1, 0.15) is 58.5 Å². The molecule has 0 saturated heterocycles. The summed E-state index contributed by atoms with van der Waals surface area (Å²) in [6.07, 6.45) is 20.2. The molecule has 280 valence electrons. The van der Waals surface area contributed by atoms with Crippen LogP contribution < -0.4 is 4.74 Å². The van der Waals surface area contributed by atoms with E-state index in [-0.39, 0.29) is 24.1 Å². The number of benzene rings is 5. The first-order chi connectivity index (χ1) is 28.7. The molecule has 0 bridgehead atoms. The van der Waals surface area contributed by atoms with E-state index < -0.39 is 0 Å². The molecule has 12 rings (SSSR count). The molecular weight excluding hydrogens is 713 g/mol. The van der Waals surface area contributed by atoms with E-state index in [2.05, 4.69) is 180 Å². The van der Waals surface area contributed by atoms with Crippen molar-refractivity contribution in [1.82, 2.24) is 9.47 Å². The number of rotatable bonds is 5. The third-order valence-electron chi connectivity index (χ3n) is 12.6. The van der Waals surface area contributed by atoms with Gasteiger partial charge in [0.2, 0.25) is 0 Å². The Balaban J connectivity index is 0.982. The number of aromatic nitrogens is 1. The van der Waals surface area contributed by atoms with Gasteiger partial charge in [0.1, 0.15) is 35.2 Å². The summed E-state index contributed by atoms with van der Waals surface area (Å²) in [7, 11) is 2.13. The van der Waals surface area contributed by atoms with Gasteiger partial charge in [0.15, 0.2) is 5.84 Å². The molecular formula is C52H40N4O2. The highest BCUT2D eigenvalue weighted by Crippen LogP contribution is 2.47. The maximum absolute atomic E-state index is 6.79. The molecule has 7 aromatic rings. The maximum atomic E-state index is 6.79. The van der Waals surface area contributed by atoms with Crippen LogP contribution in [0.3, 0.4) is 0 Å². The van der Waals surface area contributed by atoms with Crippen molar-refractivity contribution >= 4 is 61.8 Å². The fourth-order valence-corrected chi connectivity index (χ4v) is 9.87. The van der Waals surface area contributed by atoms with Gasteiger partial charge in [-0.25, -0.2) is 9.98 Å². The number of aryl methyl sites for hydroxylation is 1. The fourth-order valence-electron chi connectivity index (χ4n) is 9.87. The molecule has 58 heavy (non-hydrogen) atoms. The zero-order chi connectivity index (χ0) is 38.3. The topological polar surface area (TPSA) is 55.3 Å². The minimum atomic E-state index is -0.218. The van der Waals surface area contributed by atoms with Crippen molar-refractivity contribution in [2.75, 3.05) is 7.05 Å². The van der Waals surface area contributed by atoms with Gasteiger partial charge in [0, 0.05) is 69.6 Å². The molecule has 0 spiro atoms. The molecule has 4 atom stereocenters. The Kier molecular flexibility index (Phi) is 7.49. The van der Waals surface area contributed by atoms with E-state index in [1.165, 1.54) is 44.2 Å². The van der Waals surface area contributed by atoms with Crippen molar-refractivity contribution in [3.63, 3.8) is 0 Å². The summed E-state index contributed by atoms with van der Waals surface area (Å²) < 4.78 is 15.7. The number of nitrogens with zero attached hydrogens (tertiary/aromatic N) is 4. The van der Waals surface area contributed by atoms with E-state index in [0.29, 0.717) is 0 Å². The Morgan fingerprint density at radius 3 is 2.50 bits per heavy atom. The first-order valence-corrected chi connectivity index (χ1v) is 20.4. The molecule has 5 aromatic carbocycles. The molecule has 2 aromatic heterocycles. The van der Waals surface area contributed by atoms with Crippen LogP contribution in [0.4, 0.5) is 0 Å². The summed E-state index contributed by atoms with van der Waals surface area (Å²) in [5.41, 5.74) is 11.5. The second-order valence-electron chi connectivity index (χ2n) is 15.9. The van der Waals surface area contributed by atoms with Gasteiger partial charge in [-0.3, -0.25) is 0 Å². The van der Waals surface area contributed by atoms with Crippen LogP contribution >= 0.6 is 0 Å². The first-order valence-electron chi connectivity index (χ1n) is 20.4. The average Bonchev–Trinajstić information content (AvgIpc) is 3.95. The van der Waals surface area contributed by atoms with Gasteiger partial charge in [0.25, 0.3) is 0 Å². The minimum Gasteiger partial charge on any atom is -0.485 e. The number of para-hydroxylation sites is 1. The number of furan rings is 1. The minimum absolute atomic E-state index is 0.0488. The molecule has 2 aliphatic heterocycles. The molecule has 6 nitrogen and oxygen atoms in total. The van der Waals surface area contributed by atoms with Gasteiger partial charge in [-0.1, -0.05) is 127 Å². The molecule has 0 N–H and O–H groups in total. The highest BCUT2D eigenvalue weighted by molar-refractivity contribution is 6.16. The van der Waals surface area contributed by atoms with E-state index in [0.717, 1.165) is 70.1 Å². The molecule has 0 amide bonds. The number of hydrogen-bond acceptors (Lipinski definition) is 5. The normalized spacial score (nSPS) is 22.0. The number of aliphatic imine (C=N–C) groups is 2. The predicted molar refractivity (Wildman–Crippen MR) is 236 cm³/mol. The average molecular weight is 753 g/mol. The van der Waals surface area contributed by atoms with Crippen molar-refractivity contribution in [2.45, 2.75) is 37.5 Å². The molecule has 3 aliphatic carbocycles. The third kappa shape index (κ3) is 5.17. The van der Waals surface area contributed by atoms with Crippen molar-refractivity contribution in [2.24, 2.45) is 15.9 Å². The number of ether oxygens (including phenoxy) is 1. The lowest BCUT2D eigenvalue weighted by atomic mass is 9.90. The quantitative estimate of drug-likeness (QED) is 0.176. The lowest BCUT2D eigenvalue weighted by Crippen LogP contribution is -2.39. The van der Waals surface area contributed by atoms with Crippen molar-refractivity contribution in [3.8, 4) is 5.75 Å². The Hall–Kier alpha value is -6.92. The summed E-state index contributed by atoms with van der Waals surface area (Å²) in [5.74, 6) is 3.97. The Labute approximate surface area is 336 Å². The summed E-state index contributed by atoms with van der Waals surface area (Å²) in [6, 6.07) is 40.9. The predicted octanol–water partition coefficient (Wildman–Crippen LogP) is 11.9. The highest BCUT2D eigenvalue weighted by Gasteiger charge is 2.35. The number of allylic oxidation sites excluding steroid dienone is 6. The molecule has 4 unspecified atom stereocenters. The smallest absolute Gasteiger partial charge is 0.159 e. The largest absolute Gasteiger partial charge is 0.485 e. The molecule has 6 heteroatoms. The van der Waals surface area contributed by atoms with Gasteiger partial charge in [-0.2, -0.15) is 0 Å². The van der Waals surface area contributed by atoms with E-state index in [1.807, 2.05) is 0 Å². The van der Waals surface area contributed by atoms with Crippen LogP contribution in [-0.2, 0) is 6.42 Å². The zero-order valence-corrected chi connectivity index (χ0v) is 32.1. The molecule has 4 heterocycles. The second-order valence-corrected chi connectivity index (χ2v) is 15.9. The SMILES string of the molecule is CN1C(C2C=C(c3ccccc3)C=CC2)=NC(c2cccc3oc4c(c23)CCC(n2c3ccccc3c3cc5c(cc32)OC2C=CC=CC52)=C4)=NC1c1ccccc1. The van der Waals surface area contributed by atoms with Crippen molar-refractivity contribution in [3.05, 3.63) is 191 Å². The summed E-state index contributed by atoms with van der Waals surface area (Å²) in [4.78, 5) is 13.1. The maximum Gasteiger partial charge on any atom is 0.159 e. The van der Waals surface area contributed by atoms with Crippen molar-refractivity contribution in [1.29, 1.82) is 0 Å². The fraction of sp³-hybridized carbons (Fsp3) is 0.154. The van der Waals surface area contributed by atoms with Crippen LogP contribution in [0.2, 0.25) is 0 Å². The lowest BCUT2D eigenvalue weighted by Gasteiger charge is -2.35. The van der Waals surface area contributed by atoms with Crippen LogP contribution in [0, 0.1) is 5.92 Å². The van der Waals surface area contributed by atoms with Crippen molar-refractivity contribution < 1.29 is 9.15 Å². The first kappa shape index (κ1) is 33.2.